The molecule has 0 saturated heterocycles. The molecule has 1 aromatic carbocycles. The van der Waals surface area contributed by atoms with Gasteiger partial charge in [-0.05, 0) is 18.2 Å². The highest BCUT2D eigenvalue weighted by atomic mass is 32.2. The summed E-state index contributed by atoms with van der Waals surface area (Å²) in [7, 11) is -0.899. The first kappa shape index (κ1) is 15.9. The molecule has 0 bridgehead atoms. The van der Waals surface area contributed by atoms with Gasteiger partial charge in [0.1, 0.15) is 5.51 Å². The van der Waals surface area contributed by atoms with Crippen molar-refractivity contribution in [2.75, 3.05) is 14.1 Å². The molecule has 1 aromatic heterocycles. The van der Waals surface area contributed by atoms with E-state index < -0.39 is 16.0 Å². The van der Waals surface area contributed by atoms with Crippen LogP contribution < -0.4 is 0 Å². The maximum absolute atomic E-state index is 12.0. The third kappa shape index (κ3) is 3.40. The first-order chi connectivity index (χ1) is 9.82. The van der Waals surface area contributed by atoms with Gasteiger partial charge in [-0.25, -0.2) is 17.5 Å². The monoisotopic (exact) mass is 345 g/mol. The van der Waals surface area contributed by atoms with Crippen LogP contribution in [0.4, 0.5) is 0 Å². The summed E-state index contributed by atoms with van der Waals surface area (Å²) < 4.78 is 25.7. The fraction of sp³-hybridized carbons (Fsp3) is 0.182. The summed E-state index contributed by atoms with van der Waals surface area (Å²) in [6.07, 6.45) is 0. The molecule has 2 aromatic rings. The zero-order valence-corrected chi connectivity index (χ0v) is 13.5. The largest absolute Gasteiger partial charge is 0.478 e. The predicted molar refractivity (Wildman–Crippen MR) is 78.3 cm³/mol. The molecule has 0 aliphatic rings. The van der Waals surface area contributed by atoms with E-state index in [2.05, 4.69) is 10.2 Å². The normalized spacial score (nSPS) is 11.8. The van der Waals surface area contributed by atoms with Crippen molar-refractivity contribution in [3.63, 3.8) is 0 Å². The molecular weight excluding hydrogens is 334 g/mol. The number of carboxylic acids is 1. The van der Waals surface area contributed by atoms with Crippen molar-refractivity contribution in [1.82, 2.24) is 14.5 Å². The lowest BCUT2D eigenvalue weighted by Crippen LogP contribution is -2.22. The fourth-order valence-corrected chi connectivity index (χ4v) is 3.90. The van der Waals surface area contributed by atoms with Crippen LogP contribution in [0.1, 0.15) is 10.4 Å². The number of aromatic carboxylic acids is 1. The van der Waals surface area contributed by atoms with Gasteiger partial charge in [0, 0.05) is 19.0 Å². The first-order valence-corrected chi connectivity index (χ1v) is 8.70. The van der Waals surface area contributed by atoms with Crippen LogP contribution in [0, 0.1) is 0 Å². The van der Waals surface area contributed by atoms with Crippen LogP contribution in [0.5, 0.6) is 0 Å². The van der Waals surface area contributed by atoms with Gasteiger partial charge in [-0.2, -0.15) is 0 Å². The molecule has 0 unspecified atom stereocenters. The number of aromatic nitrogens is 2. The predicted octanol–water partition coefficient (Wildman–Crippen LogP) is 1.64. The lowest BCUT2D eigenvalue weighted by atomic mass is 10.2. The van der Waals surface area contributed by atoms with Gasteiger partial charge >= 0.3 is 5.97 Å². The fourth-order valence-electron chi connectivity index (χ4n) is 1.44. The Bertz CT molecular complexity index is 757. The van der Waals surface area contributed by atoms with E-state index in [-0.39, 0.29) is 10.5 Å². The van der Waals surface area contributed by atoms with Crippen LogP contribution in [0.25, 0.3) is 0 Å². The van der Waals surface area contributed by atoms with E-state index in [1.54, 1.807) is 0 Å². The number of hydrogen-bond donors (Lipinski definition) is 1. The molecule has 1 N–H and O–H groups in total. The van der Waals surface area contributed by atoms with Crippen molar-refractivity contribution in [3.05, 3.63) is 29.3 Å². The van der Waals surface area contributed by atoms with Crippen LogP contribution in [-0.2, 0) is 10.0 Å². The Balaban J connectivity index is 2.48. The molecule has 0 amide bonds. The maximum Gasteiger partial charge on any atom is 0.336 e. The van der Waals surface area contributed by atoms with Crippen LogP contribution in [-0.4, -0.2) is 48.1 Å². The molecule has 0 atom stereocenters. The van der Waals surface area contributed by atoms with Crippen LogP contribution in [0.3, 0.4) is 0 Å². The zero-order valence-electron chi connectivity index (χ0n) is 11.0. The Hall–Kier alpha value is -1.49. The van der Waals surface area contributed by atoms with Gasteiger partial charge in [0.15, 0.2) is 4.34 Å². The van der Waals surface area contributed by atoms with E-state index in [0.29, 0.717) is 9.24 Å². The van der Waals surface area contributed by atoms with Crippen molar-refractivity contribution in [2.45, 2.75) is 14.1 Å². The van der Waals surface area contributed by atoms with Gasteiger partial charge in [0.05, 0.1) is 10.5 Å². The Labute approximate surface area is 129 Å². The quantitative estimate of drug-likeness (QED) is 0.879. The molecule has 0 spiro atoms. The minimum Gasteiger partial charge on any atom is -0.478 e. The van der Waals surface area contributed by atoms with E-state index >= 15 is 0 Å². The summed E-state index contributed by atoms with van der Waals surface area (Å²) in [5.41, 5.74) is 1.45. The summed E-state index contributed by atoms with van der Waals surface area (Å²) in [6, 6.07) is 4.00. The standard InChI is InChI=1S/C11H11N3O4S3/c1-14(2)21(17,18)7-3-4-9(8(5-7)10(15)16)20-11-13-12-6-19-11/h3-6H,1-2H3,(H,15,16). The third-order valence-corrected chi connectivity index (χ3v) is 6.16. The number of nitrogens with zero attached hydrogens (tertiary/aromatic N) is 3. The average Bonchev–Trinajstić information content (AvgIpc) is 2.91. The van der Waals surface area contributed by atoms with Gasteiger partial charge < -0.3 is 5.11 Å². The number of carbonyl (C=O) groups is 1. The lowest BCUT2D eigenvalue weighted by Gasteiger charge is -2.13. The van der Waals surface area contributed by atoms with Crippen molar-refractivity contribution in [3.8, 4) is 0 Å². The summed E-state index contributed by atoms with van der Waals surface area (Å²) in [4.78, 5) is 11.7. The summed E-state index contributed by atoms with van der Waals surface area (Å²) in [5.74, 6) is -1.20. The molecule has 0 aliphatic carbocycles. The van der Waals surface area contributed by atoms with Crippen molar-refractivity contribution < 1.29 is 18.3 Å². The second-order valence-corrected chi connectivity index (χ2v) is 8.33. The van der Waals surface area contributed by atoms with E-state index in [1.807, 2.05) is 0 Å². The smallest absolute Gasteiger partial charge is 0.336 e. The van der Waals surface area contributed by atoms with E-state index in [9.17, 15) is 18.3 Å². The SMILES string of the molecule is CN(C)S(=O)(=O)c1ccc(Sc2nncs2)c(C(=O)O)c1. The Kier molecular flexibility index (Phi) is 4.61. The molecule has 0 aliphatic heterocycles. The third-order valence-electron chi connectivity index (χ3n) is 2.50. The van der Waals surface area contributed by atoms with Crippen molar-refractivity contribution >= 4 is 39.1 Å². The summed E-state index contributed by atoms with van der Waals surface area (Å²) >= 11 is 2.41. The van der Waals surface area contributed by atoms with Crippen LogP contribution >= 0.6 is 23.1 Å². The number of rotatable bonds is 5. The highest BCUT2D eigenvalue weighted by Crippen LogP contribution is 2.32. The maximum atomic E-state index is 12.0. The van der Waals surface area contributed by atoms with Crippen LogP contribution in [0.2, 0.25) is 0 Å². The van der Waals surface area contributed by atoms with Gasteiger partial charge in [0.25, 0.3) is 0 Å². The molecule has 7 nitrogen and oxygen atoms in total. The molecule has 0 fully saturated rings. The second kappa shape index (κ2) is 6.10. The molecule has 10 heteroatoms. The number of benzene rings is 1. The van der Waals surface area contributed by atoms with Crippen molar-refractivity contribution in [1.29, 1.82) is 0 Å². The number of hydrogen-bond acceptors (Lipinski definition) is 7. The highest BCUT2D eigenvalue weighted by Gasteiger charge is 2.21. The molecule has 2 rings (SSSR count). The first-order valence-electron chi connectivity index (χ1n) is 5.56. The lowest BCUT2D eigenvalue weighted by molar-refractivity contribution is 0.0693. The average molecular weight is 345 g/mol. The molecule has 21 heavy (non-hydrogen) atoms. The molecule has 1 heterocycles. The number of sulfonamides is 1. The number of carboxylic acid groups (broad SMARTS) is 1. The molecule has 0 radical (unpaired) electrons. The van der Waals surface area contributed by atoms with Crippen LogP contribution in [0.15, 0.2) is 37.8 Å². The minimum absolute atomic E-state index is 0.0634. The van der Waals surface area contributed by atoms with Gasteiger partial charge in [-0.1, -0.05) is 23.1 Å². The summed E-state index contributed by atoms with van der Waals surface area (Å²) in [5, 5.41) is 16.8. The van der Waals surface area contributed by atoms with E-state index in [0.717, 1.165) is 22.1 Å². The zero-order chi connectivity index (χ0) is 15.6. The topological polar surface area (TPSA) is 100 Å². The summed E-state index contributed by atoms with van der Waals surface area (Å²) in [6.45, 7) is 0. The van der Waals surface area contributed by atoms with E-state index in [1.165, 1.54) is 43.1 Å². The van der Waals surface area contributed by atoms with Crippen molar-refractivity contribution in [2.24, 2.45) is 0 Å². The van der Waals surface area contributed by atoms with Gasteiger partial charge in [-0.15, -0.1) is 10.2 Å². The molecule has 112 valence electrons. The molecule has 0 saturated carbocycles. The van der Waals surface area contributed by atoms with E-state index in [4.69, 9.17) is 0 Å². The minimum atomic E-state index is -3.68. The second-order valence-electron chi connectivity index (χ2n) is 4.06. The Morgan fingerprint density at radius 2 is 2.10 bits per heavy atom. The highest BCUT2D eigenvalue weighted by molar-refractivity contribution is 8.01. The van der Waals surface area contributed by atoms with Gasteiger partial charge in [-0.3, -0.25) is 0 Å². The molecular formula is C11H11N3O4S3. The Morgan fingerprint density at radius 3 is 2.62 bits per heavy atom. The van der Waals surface area contributed by atoms with Gasteiger partial charge in [0.2, 0.25) is 10.0 Å². The Morgan fingerprint density at radius 1 is 1.38 bits per heavy atom.